The number of hydrogen-bond acceptors (Lipinski definition) is 6. The fourth-order valence-electron chi connectivity index (χ4n) is 3.24. The van der Waals surface area contributed by atoms with Crippen LogP contribution in [0.5, 0.6) is 5.75 Å². The van der Waals surface area contributed by atoms with Crippen molar-refractivity contribution in [3.63, 3.8) is 0 Å². The van der Waals surface area contributed by atoms with Crippen LogP contribution in [-0.2, 0) is 14.9 Å². The lowest BCUT2D eigenvalue weighted by atomic mass is 10.1. The quantitative estimate of drug-likeness (QED) is 0.390. The summed E-state index contributed by atoms with van der Waals surface area (Å²) < 4.78 is 35.9. The molecule has 1 aromatic heterocycles. The van der Waals surface area contributed by atoms with Gasteiger partial charge in [-0.15, -0.1) is 0 Å². The minimum atomic E-state index is -4.01. The normalized spacial score (nSPS) is 11.5. The molecular formula is C20H24N4O5S. The number of amides is 2. The Hall–Kier alpha value is -3.11. The summed E-state index contributed by atoms with van der Waals surface area (Å²) in [6.45, 7) is 6.14. The third-order valence-corrected chi connectivity index (χ3v) is 5.89. The van der Waals surface area contributed by atoms with Gasteiger partial charge in [-0.2, -0.15) is 8.42 Å². The molecule has 0 radical (unpaired) electrons. The van der Waals surface area contributed by atoms with Crippen LogP contribution in [0.1, 0.15) is 16.7 Å². The van der Waals surface area contributed by atoms with Gasteiger partial charge >= 0.3 is 16.1 Å². The third-order valence-electron chi connectivity index (χ3n) is 4.34. The van der Waals surface area contributed by atoms with Crippen LogP contribution in [0.3, 0.4) is 0 Å². The van der Waals surface area contributed by atoms with Gasteiger partial charge in [0.2, 0.25) is 5.95 Å². The predicted octanol–water partition coefficient (Wildman–Crippen LogP) is 3.02. The van der Waals surface area contributed by atoms with Crippen molar-refractivity contribution in [1.82, 2.24) is 15.3 Å². The van der Waals surface area contributed by atoms with Crippen molar-refractivity contribution in [1.29, 1.82) is 0 Å². The van der Waals surface area contributed by atoms with Crippen LogP contribution in [0.4, 0.5) is 10.7 Å². The summed E-state index contributed by atoms with van der Waals surface area (Å²) in [7, 11) is -2.47. The molecule has 9 nitrogen and oxygen atoms in total. The summed E-state index contributed by atoms with van der Waals surface area (Å²) in [5.74, 6) is 0.356. The van der Waals surface area contributed by atoms with E-state index in [1.54, 1.807) is 39.2 Å². The number of rotatable bonds is 7. The van der Waals surface area contributed by atoms with E-state index >= 15 is 0 Å². The zero-order valence-electron chi connectivity index (χ0n) is 17.2. The van der Waals surface area contributed by atoms with Gasteiger partial charge in [0, 0.05) is 19.7 Å². The van der Waals surface area contributed by atoms with Gasteiger partial charge in [-0.05, 0) is 44.0 Å². The molecule has 3 N–H and O–H groups in total. The minimum absolute atomic E-state index is 0.129. The van der Waals surface area contributed by atoms with Gasteiger partial charge in [0.1, 0.15) is 10.6 Å². The maximum absolute atomic E-state index is 12.8. The molecule has 30 heavy (non-hydrogen) atoms. The van der Waals surface area contributed by atoms with E-state index in [4.69, 9.17) is 8.92 Å². The summed E-state index contributed by atoms with van der Waals surface area (Å²) in [6, 6.07) is 7.83. The lowest BCUT2D eigenvalue weighted by molar-refractivity contribution is 0.198. The van der Waals surface area contributed by atoms with Gasteiger partial charge in [-0.1, -0.05) is 17.7 Å². The number of benzene rings is 2. The molecule has 10 heteroatoms. The zero-order valence-corrected chi connectivity index (χ0v) is 18.0. The summed E-state index contributed by atoms with van der Waals surface area (Å²) in [5.41, 5.74) is 3.30. The van der Waals surface area contributed by atoms with E-state index in [1.807, 2.05) is 6.92 Å². The lowest BCUT2D eigenvalue weighted by Crippen LogP contribution is -2.31. The molecule has 0 spiro atoms. The summed E-state index contributed by atoms with van der Waals surface area (Å²) in [5, 5.41) is 5.19. The molecule has 0 aliphatic heterocycles. The summed E-state index contributed by atoms with van der Waals surface area (Å²) in [6.07, 6.45) is 0. The van der Waals surface area contributed by atoms with Crippen molar-refractivity contribution < 1.29 is 22.1 Å². The Morgan fingerprint density at radius 3 is 2.50 bits per heavy atom. The van der Waals surface area contributed by atoms with Crippen molar-refractivity contribution in [3.05, 3.63) is 47.0 Å². The second-order valence-electron chi connectivity index (χ2n) is 6.90. The molecule has 0 aliphatic carbocycles. The average Bonchev–Trinajstić information content (AvgIpc) is 3.01. The average molecular weight is 433 g/mol. The number of carbonyl (C=O) groups is 1. The van der Waals surface area contributed by atoms with Crippen molar-refractivity contribution in [2.75, 3.05) is 25.6 Å². The summed E-state index contributed by atoms with van der Waals surface area (Å²) in [4.78, 5) is 19.2. The highest BCUT2D eigenvalue weighted by Gasteiger charge is 2.22. The van der Waals surface area contributed by atoms with Crippen LogP contribution in [-0.4, -0.2) is 44.7 Å². The number of anilines is 1. The van der Waals surface area contributed by atoms with E-state index in [-0.39, 0.29) is 16.6 Å². The first kappa shape index (κ1) is 21.6. The first-order valence-electron chi connectivity index (χ1n) is 9.25. The molecule has 3 rings (SSSR count). The number of aromatic amines is 1. The Morgan fingerprint density at radius 1 is 1.13 bits per heavy atom. The van der Waals surface area contributed by atoms with E-state index in [0.29, 0.717) is 35.3 Å². The fourth-order valence-corrected chi connectivity index (χ4v) is 4.59. The second kappa shape index (κ2) is 8.72. The van der Waals surface area contributed by atoms with Crippen LogP contribution in [0.15, 0.2) is 35.2 Å². The second-order valence-corrected chi connectivity index (χ2v) is 8.39. The Balaban J connectivity index is 1.80. The number of carbonyl (C=O) groups excluding carboxylic acids is 1. The molecule has 0 atom stereocenters. The van der Waals surface area contributed by atoms with E-state index in [2.05, 4.69) is 20.6 Å². The molecule has 1 heterocycles. The number of imidazole rings is 1. The van der Waals surface area contributed by atoms with E-state index in [9.17, 15) is 13.2 Å². The molecule has 0 aliphatic rings. The predicted molar refractivity (Wildman–Crippen MR) is 113 cm³/mol. The van der Waals surface area contributed by atoms with E-state index < -0.39 is 16.1 Å². The highest BCUT2D eigenvalue weighted by molar-refractivity contribution is 7.87. The molecule has 160 valence electrons. The molecular weight excluding hydrogens is 408 g/mol. The third kappa shape index (κ3) is 4.89. The number of methoxy groups -OCH3 is 1. The molecule has 0 fully saturated rings. The Bertz CT molecular complexity index is 1160. The number of hydrogen-bond donors (Lipinski definition) is 3. The molecule has 3 aromatic rings. The Labute approximate surface area is 174 Å². The summed E-state index contributed by atoms with van der Waals surface area (Å²) >= 11 is 0. The van der Waals surface area contributed by atoms with E-state index in [0.717, 1.165) is 5.56 Å². The highest BCUT2D eigenvalue weighted by atomic mass is 32.2. The van der Waals surface area contributed by atoms with Crippen LogP contribution in [0.25, 0.3) is 11.0 Å². The number of nitrogens with one attached hydrogen (secondary N) is 3. The van der Waals surface area contributed by atoms with Gasteiger partial charge < -0.3 is 19.2 Å². The van der Waals surface area contributed by atoms with Gasteiger partial charge in [0.05, 0.1) is 17.6 Å². The number of ether oxygens (including phenoxy) is 1. The SMILES string of the molecule is COCCNC(=O)Nc1nc2cc(OS(=O)(=O)c3c(C)cc(C)cc3C)ccc2[nH]1. The molecule has 0 saturated heterocycles. The largest absolute Gasteiger partial charge is 0.383 e. The Morgan fingerprint density at radius 2 is 1.83 bits per heavy atom. The maximum atomic E-state index is 12.8. The van der Waals surface area contributed by atoms with Gasteiger partial charge in [-0.25, -0.2) is 9.78 Å². The van der Waals surface area contributed by atoms with Crippen LogP contribution in [0.2, 0.25) is 0 Å². The van der Waals surface area contributed by atoms with Crippen LogP contribution in [0, 0.1) is 20.8 Å². The monoisotopic (exact) mass is 432 g/mol. The van der Waals surface area contributed by atoms with Crippen molar-refractivity contribution in [2.45, 2.75) is 25.7 Å². The maximum Gasteiger partial charge on any atom is 0.339 e. The van der Waals surface area contributed by atoms with Crippen LogP contribution >= 0.6 is 0 Å². The van der Waals surface area contributed by atoms with Crippen molar-refractivity contribution >= 4 is 33.1 Å². The topological polar surface area (TPSA) is 122 Å². The highest BCUT2D eigenvalue weighted by Crippen LogP contribution is 2.27. The molecule has 2 amide bonds. The van der Waals surface area contributed by atoms with Crippen molar-refractivity contribution in [2.24, 2.45) is 0 Å². The van der Waals surface area contributed by atoms with Gasteiger partial charge in [0.15, 0.2) is 0 Å². The first-order chi connectivity index (χ1) is 14.2. The number of fused-ring (bicyclic) bond motifs is 1. The number of urea groups is 1. The smallest absolute Gasteiger partial charge is 0.339 e. The number of H-pyrrole nitrogens is 1. The molecule has 0 saturated carbocycles. The standard InChI is InChI=1S/C20H24N4O5S/c1-12-9-13(2)18(14(3)10-12)30(26,27)29-15-5-6-16-17(11-15)23-19(22-16)24-20(25)21-7-8-28-4/h5-6,9-11H,7-8H2,1-4H3,(H3,21,22,23,24,25). The molecule has 0 bridgehead atoms. The number of aryl methyl sites for hydroxylation is 3. The van der Waals surface area contributed by atoms with Gasteiger partial charge in [0.25, 0.3) is 0 Å². The van der Waals surface area contributed by atoms with Gasteiger partial charge in [-0.3, -0.25) is 5.32 Å². The van der Waals surface area contributed by atoms with Crippen LogP contribution < -0.4 is 14.8 Å². The minimum Gasteiger partial charge on any atom is -0.383 e. The molecule has 0 unspecified atom stereocenters. The zero-order chi connectivity index (χ0) is 21.9. The first-order valence-corrected chi connectivity index (χ1v) is 10.7. The lowest BCUT2D eigenvalue weighted by Gasteiger charge is -2.12. The molecule has 2 aromatic carbocycles. The Kier molecular flexibility index (Phi) is 6.28. The fraction of sp³-hybridized carbons (Fsp3) is 0.300. The van der Waals surface area contributed by atoms with E-state index in [1.165, 1.54) is 12.1 Å². The number of aromatic nitrogens is 2. The van der Waals surface area contributed by atoms with Crippen molar-refractivity contribution in [3.8, 4) is 5.75 Å². The number of nitrogens with zero attached hydrogens (tertiary/aromatic N) is 1.